The molecule has 1 aromatic heterocycles. The van der Waals surface area contributed by atoms with Crippen LogP contribution in [-0.2, 0) is 16.1 Å². The second kappa shape index (κ2) is 9.20. The van der Waals surface area contributed by atoms with Crippen molar-refractivity contribution in [3.63, 3.8) is 0 Å². The summed E-state index contributed by atoms with van der Waals surface area (Å²) < 4.78 is 1.99. The highest BCUT2D eigenvalue weighted by molar-refractivity contribution is 7.99. The van der Waals surface area contributed by atoms with E-state index in [1.54, 1.807) is 0 Å². The second-order valence-corrected chi connectivity index (χ2v) is 8.93. The fourth-order valence-corrected chi connectivity index (χ4v) is 5.38. The van der Waals surface area contributed by atoms with Gasteiger partial charge in [-0.05, 0) is 50.7 Å². The number of thioether (sulfide) groups is 1. The van der Waals surface area contributed by atoms with Crippen LogP contribution in [0.4, 0.5) is 0 Å². The molecule has 0 unspecified atom stereocenters. The summed E-state index contributed by atoms with van der Waals surface area (Å²) in [6, 6.07) is 8.27. The van der Waals surface area contributed by atoms with Gasteiger partial charge in [-0.15, -0.1) is 0 Å². The Hall–Kier alpha value is -2.02. The van der Waals surface area contributed by atoms with E-state index >= 15 is 0 Å². The van der Waals surface area contributed by atoms with Crippen molar-refractivity contribution in [3.8, 4) is 0 Å². The first-order valence-electron chi connectivity index (χ1n) is 10.8. The van der Waals surface area contributed by atoms with Crippen LogP contribution >= 0.6 is 11.8 Å². The standard InChI is InChI=1S/C22H30N4O2S/c1-2-17-9-5-6-14-25(17)21(28)16-29-22-23-18-10-3-4-11-19(18)26(22)15-20(27)24-12-7-8-13-24/h3-4,10-11,17H,2,5-9,12-16H2,1H3/t17-/m1/s1. The van der Waals surface area contributed by atoms with Gasteiger partial charge in [-0.1, -0.05) is 30.8 Å². The van der Waals surface area contributed by atoms with Crippen molar-refractivity contribution >= 4 is 34.6 Å². The first kappa shape index (κ1) is 20.3. The van der Waals surface area contributed by atoms with Gasteiger partial charge < -0.3 is 14.4 Å². The molecule has 1 atom stereocenters. The second-order valence-electron chi connectivity index (χ2n) is 7.99. The van der Waals surface area contributed by atoms with Gasteiger partial charge in [0.2, 0.25) is 11.8 Å². The van der Waals surface area contributed by atoms with Gasteiger partial charge in [-0.2, -0.15) is 0 Å². The Balaban J connectivity index is 1.50. The molecule has 6 nitrogen and oxygen atoms in total. The molecule has 4 rings (SSSR count). The molecule has 2 aromatic rings. The summed E-state index contributed by atoms with van der Waals surface area (Å²) in [5.74, 6) is 0.699. The Labute approximate surface area is 176 Å². The molecular formula is C22H30N4O2S. The van der Waals surface area contributed by atoms with Crippen molar-refractivity contribution in [2.75, 3.05) is 25.4 Å². The quantitative estimate of drug-likeness (QED) is 0.679. The fraction of sp³-hybridized carbons (Fsp3) is 0.591. The van der Waals surface area contributed by atoms with Crippen LogP contribution in [0.3, 0.4) is 0 Å². The molecule has 29 heavy (non-hydrogen) atoms. The molecule has 0 aliphatic carbocycles. The molecule has 2 amide bonds. The number of amides is 2. The van der Waals surface area contributed by atoms with Gasteiger partial charge in [0.05, 0.1) is 16.8 Å². The van der Waals surface area contributed by atoms with Gasteiger partial charge in [0, 0.05) is 25.7 Å². The molecule has 156 valence electrons. The van der Waals surface area contributed by atoms with Crippen LogP contribution in [0.15, 0.2) is 29.4 Å². The third kappa shape index (κ3) is 4.44. The minimum absolute atomic E-state index is 0.140. The van der Waals surface area contributed by atoms with Gasteiger partial charge in [0.25, 0.3) is 0 Å². The summed E-state index contributed by atoms with van der Waals surface area (Å²) in [6.07, 6.45) is 6.59. The van der Waals surface area contributed by atoms with Crippen LogP contribution in [0, 0.1) is 0 Å². The molecule has 3 heterocycles. The molecule has 1 aromatic carbocycles. The number of carbonyl (C=O) groups is 2. The Kier molecular flexibility index (Phi) is 6.43. The number of hydrogen-bond donors (Lipinski definition) is 0. The highest BCUT2D eigenvalue weighted by atomic mass is 32.2. The van der Waals surface area contributed by atoms with Gasteiger partial charge in [0.15, 0.2) is 5.16 Å². The molecule has 0 bridgehead atoms. The minimum atomic E-state index is 0.140. The van der Waals surface area contributed by atoms with E-state index in [1.165, 1.54) is 18.2 Å². The van der Waals surface area contributed by atoms with E-state index in [0.717, 1.165) is 67.9 Å². The topological polar surface area (TPSA) is 58.4 Å². The van der Waals surface area contributed by atoms with Crippen LogP contribution in [0.5, 0.6) is 0 Å². The largest absolute Gasteiger partial charge is 0.341 e. The third-order valence-electron chi connectivity index (χ3n) is 6.12. The summed E-state index contributed by atoms with van der Waals surface area (Å²) in [6.45, 7) is 5.01. The number of imidazole rings is 1. The van der Waals surface area contributed by atoms with Crippen molar-refractivity contribution < 1.29 is 9.59 Å². The lowest BCUT2D eigenvalue weighted by Crippen LogP contribution is -2.44. The van der Waals surface area contributed by atoms with Gasteiger partial charge in [0.1, 0.15) is 6.54 Å². The van der Waals surface area contributed by atoms with Gasteiger partial charge in [-0.25, -0.2) is 4.98 Å². The van der Waals surface area contributed by atoms with Crippen molar-refractivity contribution in [2.24, 2.45) is 0 Å². The van der Waals surface area contributed by atoms with E-state index in [0.29, 0.717) is 18.3 Å². The molecule has 2 aliphatic rings. The number of rotatable bonds is 6. The summed E-state index contributed by atoms with van der Waals surface area (Å²) in [5.41, 5.74) is 1.83. The Morgan fingerprint density at radius 2 is 1.83 bits per heavy atom. The monoisotopic (exact) mass is 414 g/mol. The van der Waals surface area contributed by atoms with E-state index < -0.39 is 0 Å². The smallest absolute Gasteiger partial charge is 0.242 e. The lowest BCUT2D eigenvalue weighted by molar-refractivity contribution is -0.132. The molecule has 2 fully saturated rings. The zero-order valence-corrected chi connectivity index (χ0v) is 18.0. The van der Waals surface area contributed by atoms with Crippen molar-refractivity contribution in [1.29, 1.82) is 0 Å². The first-order valence-corrected chi connectivity index (χ1v) is 11.8. The maximum Gasteiger partial charge on any atom is 0.242 e. The molecule has 0 spiro atoms. The highest BCUT2D eigenvalue weighted by Gasteiger charge is 2.26. The Bertz CT molecular complexity index is 875. The first-order chi connectivity index (χ1) is 14.2. The molecule has 2 saturated heterocycles. The normalized spacial score (nSPS) is 19.8. The Morgan fingerprint density at radius 1 is 1.07 bits per heavy atom. The number of hydrogen-bond acceptors (Lipinski definition) is 4. The van der Waals surface area contributed by atoms with Crippen LogP contribution in [0.25, 0.3) is 11.0 Å². The maximum absolute atomic E-state index is 12.9. The fourth-order valence-electron chi connectivity index (χ4n) is 4.48. The van der Waals surface area contributed by atoms with Crippen molar-refractivity contribution in [3.05, 3.63) is 24.3 Å². The number of benzene rings is 1. The van der Waals surface area contributed by atoms with Gasteiger partial charge >= 0.3 is 0 Å². The zero-order chi connectivity index (χ0) is 20.2. The van der Waals surface area contributed by atoms with Crippen LogP contribution < -0.4 is 0 Å². The maximum atomic E-state index is 12.9. The Morgan fingerprint density at radius 3 is 2.62 bits per heavy atom. The van der Waals surface area contributed by atoms with E-state index in [4.69, 9.17) is 4.98 Å². The predicted molar refractivity (Wildman–Crippen MR) is 116 cm³/mol. The minimum Gasteiger partial charge on any atom is -0.341 e. The number of nitrogens with zero attached hydrogens (tertiary/aromatic N) is 4. The predicted octanol–water partition coefficient (Wildman–Crippen LogP) is 3.54. The molecular weight excluding hydrogens is 384 g/mol. The van der Waals surface area contributed by atoms with Gasteiger partial charge in [-0.3, -0.25) is 9.59 Å². The number of piperidine rings is 1. The summed E-state index contributed by atoms with van der Waals surface area (Å²) in [7, 11) is 0. The van der Waals surface area contributed by atoms with E-state index in [2.05, 4.69) is 11.8 Å². The molecule has 2 aliphatic heterocycles. The number of fused-ring (bicyclic) bond motifs is 1. The molecule has 7 heteroatoms. The molecule has 0 N–H and O–H groups in total. The molecule has 0 radical (unpaired) electrons. The number of carbonyl (C=O) groups excluding carboxylic acids is 2. The highest BCUT2D eigenvalue weighted by Crippen LogP contribution is 2.26. The number of para-hydroxylation sites is 2. The van der Waals surface area contributed by atoms with E-state index in [9.17, 15) is 9.59 Å². The average Bonchev–Trinajstić information content (AvgIpc) is 3.41. The zero-order valence-electron chi connectivity index (χ0n) is 17.2. The van der Waals surface area contributed by atoms with E-state index in [1.807, 2.05) is 33.7 Å². The van der Waals surface area contributed by atoms with Crippen LogP contribution in [0.1, 0.15) is 45.4 Å². The molecule has 0 saturated carbocycles. The average molecular weight is 415 g/mol. The lowest BCUT2D eigenvalue weighted by atomic mass is 10.0. The van der Waals surface area contributed by atoms with E-state index in [-0.39, 0.29) is 11.8 Å². The van der Waals surface area contributed by atoms with Crippen LogP contribution in [-0.4, -0.2) is 62.6 Å². The van der Waals surface area contributed by atoms with Crippen LogP contribution in [0.2, 0.25) is 0 Å². The number of aromatic nitrogens is 2. The number of likely N-dealkylation sites (tertiary alicyclic amines) is 2. The van der Waals surface area contributed by atoms with Crippen molar-refractivity contribution in [1.82, 2.24) is 19.4 Å². The summed E-state index contributed by atoms with van der Waals surface area (Å²) in [5, 5.41) is 0.761. The summed E-state index contributed by atoms with van der Waals surface area (Å²) >= 11 is 1.46. The summed E-state index contributed by atoms with van der Waals surface area (Å²) in [4.78, 5) is 34.4. The lowest BCUT2D eigenvalue weighted by Gasteiger charge is -2.35. The SMILES string of the molecule is CC[C@@H]1CCCCN1C(=O)CSc1nc2ccccc2n1CC(=O)N1CCCC1. The van der Waals surface area contributed by atoms with Crippen molar-refractivity contribution in [2.45, 2.75) is 63.2 Å². The third-order valence-corrected chi connectivity index (χ3v) is 7.08.